The Morgan fingerprint density at radius 2 is 1.78 bits per heavy atom. The van der Waals surface area contributed by atoms with Crippen molar-refractivity contribution in [3.8, 4) is 22.9 Å². The number of ether oxygens (including phenoxy) is 2. The van der Waals surface area contributed by atoms with E-state index in [1.165, 1.54) is 11.3 Å². The van der Waals surface area contributed by atoms with E-state index in [1.807, 2.05) is 36.0 Å². The number of aryl methyl sites for hydroxylation is 1. The highest BCUT2D eigenvalue weighted by atomic mass is 79.9. The third kappa shape index (κ3) is 3.19. The van der Waals surface area contributed by atoms with Gasteiger partial charge < -0.3 is 9.47 Å². The van der Waals surface area contributed by atoms with Gasteiger partial charge in [0.25, 0.3) is 0 Å². The summed E-state index contributed by atoms with van der Waals surface area (Å²) < 4.78 is 15.3. The zero-order valence-corrected chi connectivity index (χ0v) is 17.6. The van der Waals surface area contributed by atoms with Gasteiger partial charge >= 0.3 is 0 Å². The smallest absolute Gasteiger partial charge is 0.235 e. The number of rotatable bonds is 5. The molecule has 0 aliphatic heterocycles. The summed E-state index contributed by atoms with van der Waals surface area (Å²) >= 11 is 4.99. The van der Waals surface area contributed by atoms with Gasteiger partial charge in [0.05, 0.1) is 24.4 Å². The topological polar surface area (TPSA) is 79.4 Å². The molecule has 0 amide bonds. The van der Waals surface area contributed by atoms with Crippen LogP contribution in [0.15, 0.2) is 28.9 Å². The molecule has 0 spiro atoms. The molecule has 3 heterocycles. The van der Waals surface area contributed by atoms with Gasteiger partial charge in [0.2, 0.25) is 4.96 Å². The fraction of sp³-hybridized carbons (Fsp3) is 0.294. The Kier molecular flexibility index (Phi) is 4.60. The van der Waals surface area contributed by atoms with Crippen LogP contribution in [0.25, 0.3) is 16.3 Å². The molecule has 0 unspecified atom stereocenters. The summed E-state index contributed by atoms with van der Waals surface area (Å²) in [5.74, 6) is 2.00. The predicted octanol–water partition coefficient (Wildman–Crippen LogP) is 3.75. The van der Waals surface area contributed by atoms with E-state index in [4.69, 9.17) is 14.6 Å². The molecule has 0 radical (unpaired) electrons. The van der Waals surface area contributed by atoms with Crippen molar-refractivity contribution < 1.29 is 9.47 Å². The molecule has 3 aromatic heterocycles. The van der Waals surface area contributed by atoms with Gasteiger partial charge in [0, 0.05) is 17.8 Å². The summed E-state index contributed by atoms with van der Waals surface area (Å²) in [5, 5.41) is 18.7. The monoisotopic (exact) mass is 448 g/mol. The summed E-state index contributed by atoms with van der Waals surface area (Å²) in [5.41, 5.74) is 1.76. The molecule has 0 saturated carbocycles. The minimum absolute atomic E-state index is 0.0191. The standard InChI is InChI=1S/C17H17BrN6O2S/c1-9-14(18)8-23(21-9)10(2)16-22-24-15(19-20-17(24)27-16)11-5-12(25-3)7-13(6-11)26-4/h5-8,10H,1-4H3/t10-/m1/s1. The Labute approximate surface area is 167 Å². The third-order valence-corrected chi connectivity index (χ3v) is 6.07. The average molecular weight is 449 g/mol. The maximum Gasteiger partial charge on any atom is 0.235 e. The summed E-state index contributed by atoms with van der Waals surface area (Å²) in [6.45, 7) is 4.01. The van der Waals surface area contributed by atoms with E-state index in [9.17, 15) is 0 Å². The number of aromatic nitrogens is 6. The van der Waals surface area contributed by atoms with E-state index in [-0.39, 0.29) is 6.04 Å². The Morgan fingerprint density at radius 1 is 1.07 bits per heavy atom. The van der Waals surface area contributed by atoms with E-state index in [2.05, 4.69) is 38.1 Å². The lowest BCUT2D eigenvalue weighted by molar-refractivity contribution is 0.394. The molecule has 4 rings (SSSR count). The highest BCUT2D eigenvalue weighted by molar-refractivity contribution is 9.10. The molecule has 0 aliphatic rings. The van der Waals surface area contributed by atoms with Gasteiger partial charge in [-0.2, -0.15) is 14.7 Å². The van der Waals surface area contributed by atoms with Crippen LogP contribution in [0.1, 0.15) is 23.7 Å². The van der Waals surface area contributed by atoms with Gasteiger partial charge in [-0.05, 0) is 41.9 Å². The van der Waals surface area contributed by atoms with Crippen LogP contribution in [-0.2, 0) is 0 Å². The number of methoxy groups -OCH3 is 2. The molecule has 0 fully saturated rings. The second kappa shape index (κ2) is 6.93. The number of nitrogens with zero attached hydrogens (tertiary/aromatic N) is 6. The molecule has 27 heavy (non-hydrogen) atoms. The van der Waals surface area contributed by atoms with E-state index < -0.39 is 0 Å². The fourth-order valence-corrected chi connectivity index (χ4v) is 3.86. The Balaban J connectivity index is 1.76. The average Bonchev–Trinajstić information content (AvgIpc) is 3.35. The van der Waals surface area contributed by atoms with Crippen LogP contribution in [0.2, 0.25) is 0 Å². The van der Waals surface area contributed by atoms with Crippen molar-refractivity contribution in [1.82, 2.24) is 29.6 Å². The molecule has 0 aliphatic carbocycles. The summed E-state index contributed by atoms with van der Waals surface area (Å²) in [7, 11) is 3.23. The largest absolute Gasteiger partial charge is 0.497 e. The molecule has 140 valence electrons. The van der Waals surface area contributed by atoms with Crippen LogP contribution in [0.5, 0.6) is 11.5 Å². The van der Waals surface area contributed by atoms with Crippen LogP contribution < -0.4 is 9.47 Å². The molecule has 0 bridgehead atoms. The fourth-order valence-electron chi connectivity index (χ4n) is 2.69. The minimum atomic E-state index is -0.0191. The van der Waals surface area contributed by atoms with Crippen molar-refractivity contribution in [2.75, 3.05) is 14.2 Å². The van der Waals surface area contributed by atoms with E-state index in [0.717, 1.165) is 25.7 Å². The Morgan fingerprint density at radius 3 is 2.37 bits per heavy atom. The number of hydrogen-bond acceptors (Lipinski definition) is 7. The maximum absolute atomic E-state index is 5.35. The van der Waals surface area contributed by atoms with Crippen molar-refractivity contribution in [2.45, 2.75) is 19.9 Å². The van der Waals surface area contributed by atoms with Crippen LogP contribution in [-0.4, -0.2) is 43.8 Å². The first kappa shape index (κ1) is 17.9. The third-order valence-electron chi connectivity index (χ3n) is 4.23. The van der Waals surface area contributed by atoms with Crippen LogP contribution >= 0.6 is 27.3 Å². The summed E-state index contributed by atoms with van der Waals surface area (Å²) in [6.07, 6.45) is 1.95. The molecule has 1 atom stereocenters. The van der Waals surface area contributed by atoms with Crippen LogP contribution in [0.3, 0.4) is 0 Å². The first-order valence-corrected chi connectivity index (χ1v) is 9.78. The van der Waals surface area contributed by atoms with Gasteiger partial charge in [-0.1, -0.05) is 11.3 Å². The quantitative estimate of drug-likeness (QED) is 0.462. The Bertz CT molecular complexity index is 1080. The van der Waals surface area contributed by atoms with Crippen molar-refractivity contribution in [1.29, 1.82) is 0 Å². The van der Waals surface area contributed by atoms with Gasteiger partial charge in [0.1, 0.15) is 22.5 Å². The van der Waals surface area contributed by atoms with Gasteiger partial charge in [-0.3, -0.25) is 4.68 Å². The maximum atomic E-state index is 5.35. The molecule has 1 aromatic carbocycles. The van der Waals surface area contributed by atoms with E-state index in [1.54, 1.807) is 18.7 Å². The minimum Gasteiger partial charge on any atom is -0.497 e. The number of hydrogen-bond donors (Lipinski definition) is 0. The van der Waals surface area contributed by atoms with Crippen LogP contribution in [0, 0.1) is 6.92 Å². The highest BCUT2D eigenvalue weighted by Gasteiger charge is 2.20. The zero-order valence-electron chi connectivity index (χ0n) is 15.2. The number of fused-ring (bicyclic) bond motifs is 1. The predicted molar refractivity (Wildman–Crippen MR) is 106 cm³/mol. The molecular formula is C17H17BrN6O2S. The first-order valence-electron chi connectivity index (χ1n) is 8.17. The number of halogens is 1. The van der Waals surface area contributed by atoms with E-state index in [0.29, 0.717) is 17.3 Å². The van der Waals surface area contributed by atoms with Gasteiger partial charge in [-0.15, -0.1) is 10.2 Å². The second-order valence-electron chi connectivity index (χ2n) is 5.98. The van der Waals surface area contributed by atoms with Gasteiger partial charge in [-0.25, -0.2) is 0 Å². The molecule has 8 nitrogen and oxygen atoms in total. The van der Waals surface area contributed by atoms with Crippen molar-refractivity contribution >= 4 is 32.2 Å². The zero-order chi connectivity index (χ0) is 19.1. The van der Waals surface area contributed by atoms with Crippen molar-refractivity contribution in [3.05, 3.63) is 39.6 Å². The van der Waals surface area contributed by atoms with Crippen molar-refractivity contribution in [3.63, 3.8) is 0 Å². The van der Waals surface area contributed by atoms with Crippen LogP contribution in [0.4, 0.5) is 0 Å². The molecule has 0 N–H and O–H groups in total. The lowest BCUT2D eigenvalue weighted by atomic mass is 10.2. The second-order valence-corrected chi connectivity index (χ2v) is 7.82. The normalized spacial score (nSPS) is 12.5. The number of benzene rings is 1. The Hall–Kier alpha value is -2.46. The lowest BCUT2D eigenvalue weighted by Gasteiger charge is -2.08. The molecule has 0 saturated heterocycles. The molecule has 4 aromatic rings. The first-order chi connectivity index (χ1) is 13.0. The summed E-state index contributed by atoms with van der Waals surface area (Å²) in [4.78, 5) is 0.719. The van der Waals surface area contributed by atoms with Crippen molar-refractivity contribution in [2.24, 2.45) is 0 Å². The SMILES string of the molecule is COc1cc(OC)cc(-c2nnc3sc([C@@H](C)n4cc(Br)c(C)n4)nn23)c1. The highest BCUT2D eigenvalue weighted by Crippen LogP contribution is 2.31. The summed E-state index contributed by atoms with van der Waals surface area (Å²) in [6, 6.07) is 5.56. The van der Waals surface area contributed by atoms with Gasteiger partial charge in [0.15, 0.2) is 5.82 Å². The lowest BCUT2D eigenvalue weighted by Crippen LogP contribution is -2.08. The molecular weight excluding hydrogens is 432 g/mol. The molecule has 10 heteroatoms. The van der Waals surface area contributed by atoms with E-state index >= 15 is 0 Å².